The van der Waals surface area contributed by atoms with Crippen molar-refractivity contribution in [1.29, 1.82) is 0 Å². The Hall–Kier alpha value is -0.630. The van der Waals surface area contributed by atoms with Gasteiger partial charge in [0.25, 0.3) is 0 Å². The van der Waals surface area contributed by atoms with E-state index in [1.54, 1.807) is 13.0 Å². The summed E-state index contributed by atoms with van der Waals surface area (Å²) in [5, 5.41) is 0. The largest absolute Gasteiger partial charge is 0.381 e. The third-order valence-corrected chi connectivity index (χ3v) is 1.80. The van der Waals surface area contributed by atoms with E-state index in [9.17, 15) is 4.79 Å². The van der Waals surface area contributed by atoms with Gasteiger partial charge in [-0.25, -0.2) is 0 Å². The van der Waals surface area contributed by atoms with Gasteiger partial charge in [0.05, 0.1) is 6.61 Å². The van der Waals surface area contributed by atoms with Crippen molar-refractivity contribution in [2.75, 3.05) is 13.2 Å². The molecule has 0 aromatic heterocycles. The van der Waals surface area contributed by atoms with Crippen LogP contribution in [0, 0.1) is 5.92 Å². The van der Waals surface area contributed by atoms with Gasteiger partial charge < -0.3 is 4.74 Å². The first-order valence-corrected chi connectivity index (χ1v) is 4.05. The lowest BCUT2D eigenvalue weighted by Crippen LogP contribution is -2.15. The maximum atomic E-state index is 10.6. The Bertz CT molecular complexity index is 155. The molecule has 11 heavy (non-hydrogen) atoms. The molecule has 0 spiro atoms. The van der Waals surface area contributed by atoms with E-state index in [0.29, 0.717) is 5.92 Å². The van der Waals surface area contributed by atoms with Crippen molar-refractivity contribution in [3.63, 3.8) is 0 Å². The Balaban J connectivity index is 2.29. The highest BCUT2D eigenvalue weighted by atomic mass is 16.5. The van der Waals surface area contributed by atoms with Crippen molar-refractivity contribution >= 4 is 5.78 Å². The van der Waals surface area contributed by atoms with Gasteiger partial charge in [-0.2, -0.15) is 0 Å². The molecule has 1 aliphatic heterocycles. The molecular formula is C9H14O2. The minimum Gasteiger partial charge on any atom is -0.381 e. The number of ketones is 1. The smallest absolute Gasteiger partial charge is 0.152 e. The topological polar surface area (TPSA) is 26.3 Å². The van der Waals surface area contributed by atoms with Crippen molar-refractivity contribution in [2.24, 2.45) is 5.92 Å². The van der Waals surface area contributed by atoms with E-state index >= 15 is 0 Å². The first-order chi connectivity index (χ1) is 5.29. The van der Waals surface area contributed by atoms with Crippen molar-refractivity contribution in [3.8, 4) is 0 Å². The molecule has 0 aromatic rings. The van der Waals surface area contributed by atoms with Crippen LogP contribution in [0.15, 0.2) is 12.2 Å². The van der Waals surface area contributed by atoms with Gasteiger partial charge in [-0.3, -0.25) is 4.79 Å². The minimum absolute atomic E-state index is 0.121. The zero-order valence-electron chi connectivity index (χ0n) is 6.88. The van der Waals surface area contributed by atoms with Crippen LogP contribution >= 0.6 is 0 Å². The van der Waals surface area contributed by atoms with E-state index in [4.69, 9.17) is 4.74 Å². The molecule has 1 fully saturated rings. The lowest BCUT2D eigenvalue weighted by molar-refractivity contribution is -0.112. The zero-order valence-corrected chi connectivity index (χ0v) is 6.88. The van der Waals surface area contributed by atoms with E-state index in [1.807, 2.05) is 6.08 Å². The second-order valence-corrected chi connectivity index (χ2v) is 2.95. The molecule has 1 rings (SSSR count). The Morgan fingerprint density at radius 2 is 2.45 bits per heavy atom. The Morgan fingerprint density at radius 3 is 3.00 bits per heavy atom. The standard InChI is InChI=1S/C9H14O2/c1-8(10)4-5-9-3-2-6-11-7-9/h4-5,9H,2-3,6-7H2,1H3/b5-4+. The first kappa shape index (κ1) is 8.47. The summed E-state index contributed by atoms with van der Waals surface area (Å²) in [7, 11) is 0. The summed E-state index contributed by atoms with van der Waals surface area (Å²) < 4.78 is 5.25. The van der Waals surface area contributed by atoms with Crippen molar-refractivity contribution in [3.05, 3.63) is 12.2 Å². The first-order valence-electron chi connectivity index (χ1n) is 4.05. The monoisotopic (exact) mass is 154 g/mol. The van der Waals surface area contributed by atoms with E-state index in [-0.39, 0.29) is 5.78 Å². The molecular weight excluding hydrogens is 140 g/mol. The van der Waals surface area contributed by atoms with Gasteiger partial charge in [0.1, 0.15) is 0 Å². The van der Waals surface area contributed by atoms with Crippen LogP contribution in [0.25, 0.3) is 0 Å². The predicted octanol–water partition coefficient (Wildman–Crippen LogP) is 1.56. The van der Waals surface area contributed by atoms with Gasteiger partial charge in [0, 0.05) is 12.5 Å². The number of carbonyl (C=O) groups excluding carboxylic acids is 1. The van der Waals surface area contributed by atoms with E-state index < -0.39 is 0 Å². The maximum absolute atomic E-state index is 10.6. The molecule has 62 valence electrons. The highest BCUT2D eigenvalue weighted by molar-refractivity contribution is 5.87. The third-order valence-electron chi connectivity index (χ3n) is 1.80. The van der Waals surface area contributed by atoms with E-state index in [0.717, 1.165) is 26.1 Å². The lowest BCUT2D eigenvalue weighted by Gasteiger charge is -2.18. The Kier molecular flexibility index (Phi) is 3.30. The molecule has 0 bridgehead atoms. The normalized spacial score (nSPS) is 25.7. The molecule has 0 amide bonds. The Labute approximate surface area is 67.2 Å². The van der Waals surface area contributed by atoms with Gasteiger partial charge in [-0.1, -0.05) is 6.08 Å². The average Bonchev–Trinajstić information content (AvgIpc) is 2.03. The summed E-state index contributed by atoms with van der Waals surface area (Å²) >= 11 is 0. The van der Waals surface area contributed by atoms with Crippen molar-refractivity contribution < 1.29 is 9.53 Å². The Morgan fingerprint density at radius 1 is 1.64 bits per heavy atom. The van der Waals surface area contributed by atoms with Gasteiger partial charge in [-0.15, -0.1) is 0 Å². The van der Waals surface area contributed by atoms with Crippen LogP contribution in [0.5, 0.6) is 0 Å². The molecule has 2 nitrogen and oxygen atoms in total. The van der Waals surface area contributed by atoms with Crippen LogP contribution in [0.2, 0.25) is 0 Å². The second-order valence-electron chi connectivity index (χ2n) is 2.95. The summed E-state index contributed by atoms with van der Waals surface area (Å²) in [5.74, 6) is 0.586. The van der Waals surface area contributed by atoms with Crippen LogP contribution in [-0.4, -0.2) is 19.0 Å². The summed E-state index contributed by atoms with van der Waals surface area (Å²) in [6, 6.07) is 0. The number of allylic oxidation sites excluding steroid dienone is 1. The predicted molar refractivity (Wildman–Crippen MR) is 43.4 cm³/mol. The number of hydrogen-bond acceptors (Lipinski definition) is 2. The van der Waals surface area contributed by atoms with E-state index in [2.05, 4.69) is 0 Å². The number of rotatable bonds is 2. The van der Waals surface area contributed by atoms with Gasteiger partial charge >= 0.3 is 0 Å². The third kappa shape index (κ3) is 3.33. The molecule has 0 radical (unpaired) electrons. The van der Waals surface area contributed by atoms with E-state index in [1.165, 1.54) is 0 Å². The molecule has 2 heteroatoms. The summed E-state index contributed by atoms with van der Waals surface area (Å²) in [6.45, 7) is 3.23. The highest BCUT2D eigenvalue weighted by Gasteiger charge is 2.09. The molecule has 0 N–H and O–H groups in total. The lowest BCUT2D eigenvalue weighted by atomic mass is 10.0. The van der Waals surface area contributed by atoms with Gasteiger partial charge in [0.15, 0.2) is 5.78 Å². The molecule has 1 atom stereocenters. The fourth-order valence-electron chi connectivity index (χ4n) is 1.19. The fourth-order valence-corrected chi connectivity index (χ4v) is 1.19. The highest BCUT2D eigenvalue weighted by Crippen LogP contribution is 2.14. The quantitative estimate of drug-likeness (QED) is 0.564. The number of hydrogen-bond donors (Lipinski definition) is 0. The molecule has 0 aromatic carbocycles. The van der Waals surface area contributed by atoms with Crippen molar-refractivity contribution in [2.45, 2.75) is 19.8 Å². The van der Waals surface area contributed by atoms with Crippen LogP contribution < -0.4 is 0 Å². The van der Waals surface area contributed by atoms with Crippen LogP contribution in [0.4, 0.5) is 0 Å². The maximum Gasteiger partial charge on any atom is 0.152 e. The van der Waals surface area contributed by atoms with Crippen LogP contribution in [0.1, 0.15) is 19.8 Å². The molecule has 1 saturated heterocycles. The summed E-state index contributed by atoms with van der Waals surface area (Å²) in [6.07, 6.45) is 5.87. The SMILES string of the molecule is CC(=O)/C=C/C1CCCOC1. The van der Waals surface area contributed by atoms with Crippen LogP contribution in [-0.2, 0) is 9.53 Å². The van der Waals surface area contributed by atoms with Crippen LogP contribution in [0.3, 0.4) is 0 Å². The van der Waals surface area contributed by atoms with Gasteiger partial charge in [-0.05, 0) is 25.8 Å². The molecule has 1 unspecified atom stereocenters. The minimum atomic E-state index is 0.121. The number of carbonyl (C=O) groups is 1. The second kappa shape index (κ2) is 4.29. The van der Waals surface area contributed by atoms with Crippen molar-refractivity contribution in [1.82, 2.24) is 0 Å². The average molecular weight is 154 g/mol. The molecule has 1 heterocycles. The molecule has 0 saturated carbocycles. The summed E-state index contributed by atoms with van der Waals surface area (Å²) in [5.41, 5.74) is 0. The van der Waals surface area contributed by atoms with Gasteiger partial charge in [0.2, 0.25) is 0 Å². The molecule has 1 aliphatic rings. The number of ether oxygens (including phenoxy) is 1. The zero-order chi connectivity index (χ0) is 8.10. The summed E-state index contributed by atoms with van der Waals surface area (Å²) in [4.78, 5) is 10.6. The molecule has 0 aliphatic carbocycles. The fraction of sp³-hybridized carbons (Fsp3) is 0.667.